The quantitative estimate of drug-likeness (QED) is 0.620. The van der Waals surface area contributed by atoms with Crippen LogP contribution in [0.25, 0.3) is 0 Å². The number of carbonyl (C=O) groups is 1. The van der Waals surface area contributed by atoms with Crippen molar-refractivity contribution >= 4 is 40.0 Å². The van der Waals surface area contributed by atoms with Crippen LogP contribution in [-0.2, 0) is 11.2 Å². The first kappa shape index (κ1) is 11.0. The minimum absolute atomic E-state index is 0.0777. The highest BCUT2D eigenvalue weighted by Crippen LogP contribution is 2.17. The van der Waals surface area contributed by atoms with Gasteiger partial charge in [0.2, 0.25) is 0 Å². The summed E-state index contributed by atoms with van der Waals surface area (Å²) in [6, 6.07) is 6.01. The van der Waals surface area contributed by atoms with Gasteiger partial charge in [0, 0.05) is 9.99 Å². The van der Waals surface area contributed by atoms with E-state index in [1.807, 2.05) is 25.1 Å². The van der Waals surface area contributed by atoms with E-state index in [9.17, 15) is 4.79 Å². The molecule has 0 atom stereocenters. The molecular weight excluding hydrogens is 298 g/mol. The van der Waals surface area contributed by atoms with Crippen LogP contribution in [0.3, 0.4) is 0 Å². The van der Waals surface area contributed by atoms with E-state index in [0.29, 0.717) is 6.42 Å². The van der Waals surface area contributed by atoms with Crippen LogP contribution in [0.4, 0.5) is 0 Å². The summed E-state index contributed by atoms with van der Waals surface area (Å²) >= 11 is 7.69. The minimum Gasteiger partial charge on any atom is -0.298 e. The van der Waals surface area contributed by atoms with E-state index in [2.05, 4.69) is 22.6 Å². The summed E-state index contributed by atoms with van der Waals surface area (Å²) in [4.78, 5) is 11.2. The molecule has 0 N–H and O–H groups in total. The highest BCUT2D eigenvalue weighted by atomic mass is 127. The Morgan fingerprint density at radius 1 is 1.54 bits per heavy atom. The molecule has 0 bridgehead atoms. The summed E-state index contributed by atoms with van der Waals surface area (Å²) in [7, 11) is 0. The number of benzene rings is 1. The first-order chi connectivity index (χ1) is 6.15. The number of hydrogen-bond acceptors (Lipinski definition) is 1. The molecule has 1 aromatic rings. The first-order valence-electron chi connectivity index (χ1n) is 3.97. The molecule has 0 spiro atoms. The molecule has 1 nitrogen and oxygen atoms in total. The van der Waals surface area contributed by atoms with E-state index in [1.54, 1.807) is 0 Å². The van der Waals surface area contributed by atoms with Crippen LogP contribution in [0.2, 0.25) is 0 Å². The number of ketones is 1. The van der Waals surface area contributed by atoms with E-state index >= 15 is 0 Å². The summed E-state index contributed by atoms with van der Waals surface area (Å²) < 4.78 is 1.14. The Hall–Kier alpha value is -0.0900. The molecule has 0 aliphatic heterocycles. The fraction of sp³-hybridized carbons (Fsp3) is 0.300. The van der Waals surface area contributed by atoms with Crippen molar-refractivity contribution in [2.75, 3.05) is 5.88 Å². The van der Waals surface area contributed by atoms with Gasteiger partial charge in [-0.05, 0) is 46.7 Å². The molecule has 0 amide bonds. The van der Waals surface area contributed by atoms with Gasteiger partial charge < -0.3 is 0 Å². The van der Waals surface area contributed by atoms with Crippen LogP contribution in [0, 0.1) is 10.5 Å². The first-order valence-corrected chi connectivity index (χ1v) is 5.58. The second-order valence-corrected chi connectivity index (χ2v) is 4.31. The van der Waals surface area contributed by atoms with Crippen LogP contribution in [0.15, 0.2) is 18.2 Å². The molecule has 3 heteroatoms. The van der Waals surface area contributed by atoms with Crippen molar-refractivity contribution in [3.05, 3.63) is 32.9 Å². The van der Waals surface area contributed by atoms with Crippen molar-refractivity contribution in [1.82, 2.24) is 0 Å². The third kappa shape index (κ3) is 2.95. The van der Waals surface area contributed by atoms with Crippen LogP contribution in [-0.4, -0.2) is 11.7 Å². The van der Waals surface area contributed by atoms with Crippen molar-refractivity contribution < 1.29 is 4.79 Å². The second kappa shape index (κ2) is 4.96. The third-order valence-corrected chi connectivity index (χ3v) is 3.18. The van der Waals surface area contributed by atoms with Crippen molar-refractivity contribution in [3.8, 4) is 0 Å². The zero-order valence-electron chi connectivity index (χ0n) is 7.31. The maximum absolute atomic E-state index is 11.2. The monoisotopic (exact) mass is 308 g/mol. The Bertz CT molecular complexity index is 302. The maximum atomic E-state index is 11.2. The molecule has 1 aromatic carbocycles. The van der Waals surface area contributed by atoms with Crippen molar-refractivity contribution in [3.63, 3.8) is 0 Å². The lowest BCUT2D eigenvalue weighted by Crippen LogP contribution is -2.06. The average molecular weight is 309 g/mol. The fourth-order valence-corrected chi connectivity index (χ4v) is 2.05. The molecule has 0 fully saturated rings. The van der Waals surface area contributed by atoms with Crippen LogP contribution < -0.4 is 0 Å². The summed E-state index contributed by atoms with van der Waals surface area (Å²) in [6.07, 6.45) is 0.453. The summed E-state index contributed by atoms with van der Waals surface area (Å²) in [6.45, 7) is 2.01. The highest BCUT2D eigenvalue weighted by Gasteiger charge is 2.07. The number of aryl methyl sites for hydroxylation is 1. The van der Waals surface area contributed by atoms with Crippen LogP contribution in [0.1, 0.15) is 11.1 Å². The number of rotatable bonds is 3. The van der Waals surface area contributed by atoms with Crippen molar-refractivity contribution in [2.24, 2.45) is 0 Å². The lowest BCUT2D eigenvalue weighted by molar-refractivity contribution is -0.116. The molecule has 0 unspecified atom stereocenters. The number of halogens is 2. The molecule has 0 heterocycles. The Morgan fingerprint density at radius 2 is 2.23 bits per heavy atom. The number of hydrogen-bond donors (Lipinski definition) is 0. The standard InChI is InChI=1S/C10H10ClIO/c1-7-3-2-4-10(12)9(7)5-8(13)6-11/h2-4H,5-6H2,1H3. The largest absolute Gasteiger partial charge is 0.298 e. The normalized spacial score (nSPS) is 10.1. The highest BCUT2D eigenvalue weighted by molar-refractivity contribution is 14.1. The van der Waals surface area contributed by atoms with Gasteiger partial charge in [-0.15, -0.1) is 11.6 Å². The van der Waals surface area contributed by atoms with Crippen LogP contribution in [0.5, 0.6) is 0 Å². The lowest BCUT2D eigenvalue weighted by Gasteiger charge is -2.05. The molecule has 0 radical (unpaired) electrons. The summed E-state index contributed by atoms with van der Waals surface area (Å²) in [5.41, 5.74) is 2.26. The molecule has 0 saturated heterocycles. The Morgan fingerprint density at radius 3 is 2.77 bits per heavy atom. The van der Waals surface area contributed by atoms with Gasteiger partial charge in [0.15, 0.2) is 5.78 Å². The average Bonchev–Trinajstić information content (AvgIpc) is 2.11. The predicted octanol–water partition coefficient (Wildman–Crippen LogP) is 2.95. The van der Waals surface area contributed by atoms with Gasteiger partial charge in [0.1, 0.15) is 0 Å². The van der Waals surface area contributed by atoms with E-state index in [4.69, 9.17) is 11.6 Å². The molecule has 0 aliphatic carbocycles. The SMILES string of the molecule is Cc1cccc(I)c1CC(=O)CCl. The minimum atomic E-state index is 0.0777. The molecule has 0 aromatic heterocycles. The predicted molar refractivity (Wildman–Crippen MR) is 63.3 cm³/mol. The van der Waals surface area contributed by atoms with Crippen LogP contribution >= 0.6 is 34.2 Å². The number of alkyl halides is 1. The Kier molecular flexibility index (Phi) is 4.19. The topological polar surface area (TPSA) is 17.1 Å². The molecule has 70 valence electrons. The fourth-order valence-electron chi connectivity index (χ4n) is 1.13. The zero-order chi connectivity index (χ0) is 9.84. The van der Waals surface area contributed by atoms with Gasteiger partial charge >= 0.3 is 0 Å². The number of Topliss-reactive ketones (excluding diaryl/α,β-unsaturated/α-hetero) is 1. The van der Waals surface area contributed by atoms with E-state index < -0.39 is 0 Å². The van der Waals surface area contributed by atoms with Crippen molar-refractivity contribution in [1.29, 1.82) is 0 Å². The molecular formula is C10H10ClIO. The van der Waals surface area contributed by atoms with Gasteiger partial charge in [-0.25, -0.2) is 0 Å². The molecule has 13 heavy (non-hydrogen) atoms. The van der Waals surface area contributed by atoms with Gasteiger partial charge in [-0.3, -0.25) is 4.79 Å². The lowest BCUT2D eigenvalue weighted by atomic mass is 10.0. The molecule has 0 aliphatic rings. The zero-order valence-corrected chi connectivity index (χ0v) is 10.2. The van der Waals surface area contributed by atoms with Crippen molar-refractivity contribution in [2.45, 2.75) is 13.3 Å². The van der Waals surface area contributed by atoms with E-state index in [1.165, 1.54) is 0 Å². The van der Waals surface area contributed by atoms with Gasteiger partial charge in [0.05, 0.1) is 5.88 Å². The van der Waals surface area contributed by atoms with E-state index in [-0.39, 0.29) is 11.7 Å². The maximum Gasteiger partial charge on any atom is 0.151 e. The third-order valence-electron chi connectivity index (χ3n) is 1.88. The Balaban J connectivity index is 2.93. The molecule has 0 saturated carbocycles. The van der Waals surface area contributed by atoms with Gasteiger partial charge in [-0.1, -0.05) is 12.1 Å². The summed E-state index contributed by atoms with van der Waals surface area (Å²) in [5.74, 6) is 0.179. The number of carbonyl (C=O) groups excluding carboxylic acids is 1. The second-order valence-electron chi connectivity index (χ2n) is 2.88. The van der Waals surface area contributed by atoms with Gasteiger partial charge in [-0.2, -0.15) is 0 Å². The smallest absolute Gasteiger partial charge is 0.151 e. The Labute approximate surface area is 96.6 Å². The summed E-state index contributed by atoms with van der Waals surface area (Å²) in [5, 5.41) is 0. The molecule has 1 rings (SSSR count). The van der Waals surface area contributed by atoms with E-state index in [0.717, 1.165) is 14.7 Å². The van der Waals surface area contributed by atoms with Gasteiger partial charge in [0.25, 0.3) is 0 Å².